The Bertz CT molecular complexity index is 1130. The van der Waals surface area contributed by atoms with Gasteiger partial charge in [0.05, 0.1) is 11.6 Å². The fourth-order valence-electron chi connectivity index (χ4n) is 6.28. The molecule has 1 heterocycles. The Morgan fingerprint density at radius 3 is 2.07 bits per heavy atom. The van der Waals surface area contributed by atoms with Crippen molar-refractivity contribution in [3.8, 4) is 6.07 Å². The number of hydrogen-bond acceptors (Lipinski definition) is 5. The van der Waals surface area contributed by atoms with Crippen molar-refractivity contribution in [2.24, 2.45) is 23.7 Å². The van der Waals surface area contributed by atoms with Crippen molar-refractivity contribution in [2.75, 3.05) is 0 Å². The van der Waals surface area contributed by atoms with Gasteiger partial charge in [-0.2, -0.15) is 5.26 Å². The molecule has 5 fully saturated rings. The third-order valence-corrected chi connectivity index (χ3v) is 10.3. The van der Waals surface area contributed by atoms with Crippen LogP contribution in [-0.4, -0.2) is 21.2 Å². The largest absolute Gasteiger partial charge is 0.418 e. The molecule has 152 valence electrons. The first-order valence-corrected chi connectivity index (χ1v) is 12.6. The van der Waals surface area contributed by atoms with Gasteiger partial charge in [0, 0.05) is 20.8 Å². The van der Waals surface area contributed by atoms with Gasteiger partial charge in [-0.1, -0.05) is 45.0 Å². The molecule has 0 radical (unpaired) electrons. The lowest BCUT2D eigenvalue weighted by molar-refractivity contribution is -0.308. The van der Waals surface area contributed by atoms with E-state index in [0.29, 0.717) is 17.4 Å². The van der Waals surface area contributed by atoms with Gasteiger partial charge in [-0.15, -0.1) is 0 Å². The quantitative estimate of drug-likeness (QED) is 0.421. The van der Waals surface area contributed by atoms with Gasteiger partial charge >= 0.3 is 11.9 Å². The van der Waals surface area contributed by atoms with Gasteiger partial charge in [0.1, 0.15) is 0 Å². The van der Waals surface area contributed by atoms with Crippen molar-refractivity contribution < 1.29 is 19.1 Å². The van der Waals surface area contributed by atoms with Crippen molar-refractivity contribution in [1.29, 1.82) is 5.26 Å². The van der Waals surface area contributed by atoms with E-state index in [9.17, 15) is 14.9 Å². The predicted molar refractivity (Wildman–Crippen MR) is 118 cm³/mol. The molecule has 4 aliphatic carbocycles. The lowest BCUT2D eigenvalue weighted by Crippen LogP contribution is -2.65. The first kappa shape index (κ1) is 18.5. The van der Waals surface area contributed by atoms with E-state index in [2.05, 4.69) is 6.07 Å². The zero-order valence-electron chi connectivity index (χ0n) is 16.3. The van der Waals surface area contributed by atoms with Crippen LogP contribution in [0.4, 0.5) is 0 Å². The average molecular weight is 513 g/mol. The zero-order chi connectivity index (χ0) is 20.5. The molecule has 6 heteroatoms. The molecule has 2 aromatic rings. The Morgan fingerprint density at radius 2 is 1.47 bits per heavy atom. The van der Waals surface area contributed by atoms with Gasteiger partial charge in [0.2, 0.25) is 0 Å². The number of esters is 2. The van der Waals surface area contributed by atoms with Gasteiger partial charge < -0.3 is 9.47 Å². The summed E-state index contributed by atoms with van der Waals surface area (Å²) in [5.41, 5.74) is 0.588. The average Bonchev–Trinajstić information content (AvgIpc) is 2.74. The summed E-state index contributed by atoms with van der Waals surface area (Å²) in [6.07, 6.45) is 5.27. The van der Waals surface area contributed by atoms with Gasteiger partial charge in [-0.05, 0) is 61.5 Å². The Balaban J connectivity index is 1.38. The first-order valence-electron chi connectivity index (χ1n) is 10.5. The summed E-state index contributed by atoms with van der Waals surface area (Å²) >= 11 is -1.09. The van der Waals surface area contributed by atoms with Crippen molar-refractivity contribution >= 4 is 47.0 Å². The molecule has 4 bridgehead atoms. The fraction of sp³-hybridized carbons (Fsp3) is 0.417. The Hall–Kier alpha value is -2.27. The molecular formula is C24H20INO4. The van der Waals surface area contributed by atoms with Crippen LogP contribution in [0.1, 0.15) is 37.7 Å². The normalized spacial score (nSPS) is 34.2. The van der Waals surface area contributed by atoms with Crippen molar-refractivity contribution in [3.05, 3.63) is 45.5 Å². The predicted octanol–water partition coefficient (Wildman–Crippen LogP) is 4.28. The highest BCUT2D eigenvalue weighted by Crippen LogP contribution is 2.60. The van der Waals surface area contributed by atoms with Crippen LogP contribution in [-0.2, 0) is 19.1 Å². The number of hydrogen-bond donors (Lipinski definition) is 0. The number of nitriles is 1. The third kappa shape index (κ3) is 2.60. The lowest BCUT2D eigenvalue weighted by atomic mass is 9.53. The summed E-state index contributed by atoms with van der Waals surface area (Å²) < 4.78 is 13.1. The summed E-state index contributed by atoms with van der Waals surface area (Å²) in [7, 11) is 0. The number of rotatable bonds is 1. The molecule has 1 aliphatic heterocycles. The molecule has 0 atom stereocenters. The van der Waals surface area contributed by atoms with E-state index in [-0.39, 0.29) is 15.3 Å². The topological polar surface area (TPSA) is 76.4 Å². The Kier molecular flexibility index (Phi) is 4.08. The number of benzene rings is 2. The maximum Gasteiger partial charge on any atom is 0.354 e. The molecule has 0 unspecified atom stereocenters. The summed E-state index contributed by atoms with van der Waals surface area (Å²) in [6.45, 7) is 0. The lowest BCUT2D eigenvalue weighted by Gasteiger charge is -2.59. The summed E-state index contributed by atoms with van der Waals surface area (Å²) in [6, 6.07) is 13.4. The Labute approximate surface area is 184 Å². The van der Waals surface area contributed by atoms with E-state index in [4.69, 9.17) is 9.47 Å². The molecule has 7 rings (SSSR count). The third-order valence-electron chi connectivity index (χ3n) is 7.33. The van der Waals surface area contributed by atoms with E-state index in [0.717, 1.165) is 40.0 Å². The molecule has 1 spiro atoms. The highest BCUT2D eigenvalue weighted by molar-refractivity contribution is 14.2. The molecule has 5 nitrogen and oxygen atoms in total. The van der Waals surface area contributed by atoms with Crippen LogP contribution in [0.5, 0.6) is 0 Å². The molecule has 0 N–H and O–H groups in total. The first-order chi connectivity index (χ1) is 14.6. The second kappa shape index (κ2) is 6.61. The molecule has 4 saturated carbocycles. The molecule has 1 saturated heterocycles. The van der Waals surface area contributed by atoms with Crippen LogP contribution in [0.15, 0.2) is 36.4 Å². The van der Waals surface area contributed by atoms with E-state index in [1.807, 2.05) is 30.3 Å². The highest BCUT2D eigenvalue weighted by Gasteiger charge is 2.64. The minimum absolute atomic E-state index is 0.150. The molecule has 0 amide bonds. The summed E-state index contributed by atoms with van der Waals surface area (Å²) in [4.78, 5) is 26.2. The number of fused-ring (bicyclic) bond motifs is 1. The molecule has 5 aliphatic rings. The molecule has 0 aromatic heterocycles. The van der Waals surface area contributed by atoms with Crippen LogP contribution in [0.2, 0.25) is 0 Å². The van der Waals surface area contributed by atoms with Crippen molar-refractivity contribution in [3.63, 3.8) is 0 Å². The zero-order valence-corrected chi connectivity index (χ0v) is 18.4. The highest BCUT2D eigenvalue weighted by atomic mass is 127. The standard InChI is InChI=1S/C24H20INO4/c26-12-15-5-6-20(19-4-2-1-3-18(15)19)25-21-22(27)29-24(30-23(21)28)16-8-13-7-14(10-16)11-17(24)9-13/h1-6,13-14,16-17H,7-11H2. The number of nitrogens with zero attached hydrogens (tertiary/aromatic N) is 1. The number of carbonyl (C=O) groups is 2. The van der Waals surface area contributed by atoms with Crippen LogP contribution in [0, 0.1) is 38.6 Å². The van der Waals surface area contributed by atoms with E-state index in [1.165, 1.54) is 6.42 Å². The number of ether oxygens (including phenoxy) is 2. The second-order valence-corrected chi connectivity index (χ2v) is 11.7. The maximum atomic E-state index is 13.1. The Morgan fingerprint density at radius 1 is 0.867 bits per heavy atom. The van der Waals surface area contributed by atoms with Crippen LogP contribution in [0.25, 0.3) is 10.8 Å². The second-order valence-electron chi connectivity index (χ2n) is 8.97. The monoisotopic (exact) mass is 513 g/mol. The number of carbonyl (C=O) groups excluding carboxylic acids is 2. The van der Waals surface area contributed by atoms with Gasteiger partial charge in [-0.25, -0.2) is 9.59 Å². The van der Waals surface area contributed by atoms with Gasteiger partial charge in [0.15, 0.2) is 3.51 Å². The van der Waals surface area contributed by atoms with E-state index in [1.54, 1.807) is 6.07 Å². The summed E-state index contributed by atoms with van der Waals surface area (Å²) in [5.74, 6) is -0.312. The maximum absolute atomic E-state index is 13.1. The van der Waals surface area contributed by atoms with Crippen LogP contribution in [0.3, 0.4) is 0 Å². The fourth-order valence-corrected chi connectivity index (χ4v) is 8.64. The van der Waals surface area contributed by atoms with Gasteiger partial charge in [-0.3, -0.25) is 0 Å². The van der Waals surface area contributed by atoms with Crippen molar-refractivity contribution in [2.45, 2.75) is 37.9 Å². The molecular weight excluding hydrogens is 493 g/mol. The van der Waals surface area contributed by atoms with Crippen LogP contribution < -0.4 is 0 Å². The van der Waals surface area contributed by atoms with E-state index < -0.39 is 38.5 Å². The SMILES string of the molecule is N#Cc1ccc(I=C2C(=O)OC3(OC2=O)C2CC4CC(C2)CC3C4)c2ccccc12. The molecule has 2 aromatic carbocycles. The van der Waals surface area contributed by atoms with Crippen molar-refractivity contribution in [1.82, 2.24) is 0 Å². The minimum atomic E-state index is -1.09. The number of halogens is 1. The smallest absolute Gasteiger partial charge is 0.354 e. The van der Waals surface area contributed by atoms with E-state index >= 15 is 0 Å². The van der Waals surface area contributed by atoms with Gasteiger partial charge in [0.25, 0.3) is 5.79 Å². The van der Waals surface area contributed by atoms with Crippen LogP contribution >= 0.6 is 20.7 Å². The summed E-state index contributed by atoms with van der Waals surface area (Å²) in [5, 5.41) is 11.1. The molecule has 30 heavy (non-hydrogen) atoms. The minimum Gasteiger partial charge on any atom is -0.418 e.